The molecule has 0 heterocycles. The van der Waals surface area contributed by atoms with Gasteiger partial charge in [0.05, 0.1) is 23.8 Å². The normalized spacial score (nSPS) is 12.8. The summed E-state index contributed by atoms with van der Waals surface area (Å²) in [6.07, 6.45) is -5.40. The van der Waals surface area contributed by atoms with Gasteiger partial charge in [0.2, 0.25) is 0 Å². The van der Waals surface area contributed by atoms with Crippen LogP contribution in [0.4, 0.5) is 13.2 Å². The van der Waals surface area contributed by atoms with E-state index in [9.17, 15) is 23.1 Å². The molecule has 0 spiro atoms. The fourth-order valence-electron chi connectivity index (χ4n) is 2.64. The van der Waals surface area contributed by atoms with Gasteiger partial charge < -0.3 is 14.7 Å². The van der Waals surface area contributed by atoms with Crippen LogP contribution in [0.25, 0.3) is 0 Å². The second-order valence-electron chi connectivity index (χ2n) is 6.90. The molecule has 0 radical (unpaired) electrons. The Labute approximate surface area is 157 Å². The molecule has 0 saturated carbocycles. The van der Waals surface area contributed by atoms with Crippen molar-refractivity contribution in [1.82, 2.24) is 4.90 Å². The first-order chi connectivity index (χ1) is 12.5. The van der Waals surface area contributed by atoms with E-state index in [-0.39, 0.29) is 30.9 Å². The Bertz CT molecular complexity index is 682. The van der Waals surface area contributed by atoms with Crippen molar-refractivity contribution in [3.05, 3.63) is 29.3 Å². The molecule has 1 aromatic rings. The summed E-state index contributed by atoms with van der Waals surface area (Å²) in [4.78, 5) is 14.3. The summed E-state index contributed by atoms with van der Waals surface area (Å²) in [5.74, 6) is -0.471. The number of carbonyl (C=O) groups excluding carboxylic acids is 1. The zero-order chi connectivity index (χ0) is 20.8. The second kappa shape index (κ2) is 9.60. The molecule has 0 aliphatic rings. The highest BCUT2D eigenvalue weighted by atomic mass is 19.4. The fraction of sp³-hybridized carbons (Fsp3) is 0.579. The molecule has 0 aliphatic carbocycles. The third-order valence-electron chi connectivity index (χ3n) is 3.90. The lowest BCUT2D eigenvalue weighted by atomic mass is 10.0. The molecule has 1 N–H and O–H groups in total. The van der Waals surface area contributed by atoms with Crippen molar-refractivity contribution in [3.63, 3.8) is 0 Å². The average Bonchev–Trinajstić information content (AvgIpc) is 2.57. The number of benzene rings is 1. The molecule has 1 unspecified atom stereocenters. The van der Waals surface area contributed by atoms with Crippen LogP contribution in [-0.4, -0.2) is 41.2 Å². The SMILES string of the molecule is CC(C)CC(Oc1ccc(C#N)c(C(F)(F)F)c1)C(=O)N(CCO)C(C)C. The summed E-state index contributed by atoms with van der Waals surface area (Å²) in [7, 11) is 0. The summed E-state index contributed by atoms with van der Waals surface area (Å²) in [5, 5.41) is 18.1. The van der Waals surface area contributed by atoms with Crippen molar-refractivity contribution < 1.29 is 27.8 Å². The Balaban J connectivity index is 3.21. The number of alkyl halides is 3. The van der Waals surface area contributed by atoms with E-state index in [1.165, 1.54) is 17.0 Å². The number of carbonyl (C=O) groups is 1. The van der Waals surface area contributed by atoms with Gasteiger partial charge in [-0.3, -0.25) is 4.79 Å². The lowest BCUT2D eigenvalue weighted by Crippen LogP contribution is -2.47. The Kier molecular flexibility index (Phi) is 8.10. The van der Waals surface area contributed by atoms with Crippen molar-refractivity contribution in [2.75, 3.05) is 13.2 Å². The highest BCUT2D eigenvalue weighted by molar-refractivity contribution is 5.81. The molecule has 1 aromatic carbocycles. The molecule has 1 rings (SSSR count). The number of aliphatic hydroxyl groups is 1. The maximum absolute atomic E-state index is 13.1. The van der Waals surface area contributed by atoms with Gasteiger partial charge in [0.25, 0.3) is 5.91 Å². The number of hydrogen-bond acceptors (Lipinski definition) is 4. The Morgan fingerprint density at radius 2 is 1.93 bits per heavy atom. The highest BCUT2D eigenvalue weighted by Gasteiger charge is 2.35. The maximum Gasteiger partial charge on any atom is 0.417 e. The van der Waals surface area contributed by atoms with Crippen molar-refractivity contribution in [2.45, 2.75) is 52.4 Å². The van der Waals surface area contributed by atoms with E-state index in [0.717, 1.165) is 12.1 Å². The van der Waals surface area contributed by atoms with Gasteiger partial charge in [0, 0.05) is 12.6 Å². The predicted octanol–water partition coefficient (Wildman–Crippen LogP) is 3.60. The minimum atomic E-state index is -4.71. The first-order valence-corrected chi connectivity index (χ1v) is 8.70. The standard InChI is InChI=1S/C19H25F3N2O3/c1-12(2)9-17(18(26)24(7-8-25)13(3)4)27-15-6-5-14(11-23)16(10-15)19(20,21)22/h5-6,10,12-13,17,25H,7-9H2,1-4H3. The van der Waals surface area contributed by atoms with Gasteiger partial charge in [0.15, 0.2) is 6.10 Å². The Hall–Kier alpha value is -2.27. The molecule has 8 heteroatoms. The largest absolute Gasteiger partial charge is 0.481 e. The predicted molar refractivity (Wildman–Crippen MR) is 94.0 cm³/mol. The number of nitrogens with zero attached hydrogens (tertiary/aromatic N) is 2. The molecule has 0 saturated heterocycles. The molecular formula is C19H25F3N2O3. The lowest BCUT2D eigenvalue weighted by molar-refractivity contribution is -0.141. The molecule has 150 valence electrons. The molecule has 0 aliphatic heterocycles. The summed E-state index contributed by atoms with van der Waals surface area (Å²) in [5.41, 5.74) is -1.61. The topological polar surface area (TPSA) is 73.6 Å². The molecule has 0 aromatic heterocycles. The number of ether oxygens (including phenoxy) is 1. The monoisotopic (exact) mass is 386 g/mol. The van der Waals surface area contributed by atoms with Crippen LogP contribution in [-0.2, 0) is 11.0 Å². The quantitative estimate of drug-likeness (QED) is 0.741. The van der Waals surface area contributed by atoms with E-state index in [2.05, 4.69) is 0 Å². The number of aliphatic hydroxyl groups excluding tert-OH is 1. The first-order valence-electron chi connectivity index (χ1n) is 8.70. The molecule has 0 fully saturated rings. The summed E-state index contributed by atoms with van der Waals surface area (Å²) >= 11 is 0. The van der Waals surface area contributed by atoms with Crippen LogP contribution in [0.1, 0.15) is 45.2 Å². The molecule has 27 heavy (non-hydrogen) atoms. The van der Waals surface area contributed by atoms with Crippen LogP contribution >= 0.6 is 0 Å². The Morgan fingerprint density at radius 1 is 1.30 bits per heavy atom. The zero-order valence-electron chi connectivity index (χ0n) is 15.9. The van der Waals surface area contributed by atoms with E-state index >= 15 is 0 Å². The summed E-state index contributed by atoms with van der Waals surface area (Å²) < 4.78 is 45.1. The number of rotatable bonds is 8. The van der Waals surface area contributed by atoms with Gasteiger partial charge in [-0.15, -0.1) is 0 Å². The average molecular weight is 386 g/mol. The van der Waals surface area contributed by atoms with Crippen LogP contribution in [0.3, 0.4) is 0 Å². The molecular weight excluding hydrogens is 361 g/mol. The fourth-order valence-corrected chi connectivity index (χ4v) is 2.64. The Morgan fingerprint density at radius 3 is 2.37 bits per heavy atom. The number of halogens is 3. The third kappa shape index (κ3) is 6.43. The number of amides is 1. The van der Waals surface area contributed by atoms with Gasteiger partial charge in [-0.25, -0.2) is 0 Å². The minimum Gasteiger partial charge on any atom is -0.481 e. The van der Waals surface area contributed by atoms with Crippen molar-refractivity contribution >= 4 is 5.91 Å². The lowest BCUT2D eigenvalue weighted by Gasteiger charge is -2.31. The third-order valence-corrected chi connectivity index (χ3v) is 3.90. The first kappa shape index (κ1) is 22.8. The van der Waals surface area contributed by atoms with Gasteiger partial charge in [-0.05, 0) is 44.4 Å². The van der Waals surface area contributed by atoms with Crippen LogP contribution in [0.5, 0.6) is 5.75 Å². The van der Waals surface area contributed by atoms with E-state index in [1.807, 2.05) is 13.8 Å². The molecule has 1 amide bonds. The van der Waals surface area contributed by atoms with Gasteiger partial charge in [0.1, 0.15) is 5.75 Å². The van der Waals surface area contributed by atoms with Gasteiger partial charge in [-0.2, -0.15) is 18.4 Å². The van der Waals surface area contributed by atoms with Crippen LogP contribution in [0.15, 0.2) is 18.2 Å². The number of nitriles is 1. The molecule has 0 bridgehead atoms. The van der Waals surface area contributed by atoms with Crippen molar-refractivity contribution in [2.24, 2.45) is 5.92 Å². The van der Waals surface area contributed by atoms with Crippen molar-refractivity contribution in [1.29, 1.82) is 5.26 Å². The minimum absolute atomic E-state index is 0.0579. The van der Waals surface area contributed by atoms with Crippen LogP contribution < -0.4 is 4.74 Å². The van der Waals surface area contributed by atoms with Gasteiger partial charge >= 0.3 is 6.18 Å². The van der Waals surface area contributed by atoms with E-state index in [4.69, 9.17) is 10.00 Å². The highest BCUT2D eigenvalue weighted by Crippen LogP contribution is 2.34. The molecule has 1 atom stereocenters. The van der Waals surface area contributed by atoms with E-state index in [1.54, 1.807) is 13.8 Å². The summed E-state index contributed by atoms with van der Waals surface area (Å²) in [6, 6.07) is 4.33. The van der Waals surface area contributed by atoms with Crippen molar-refractivity contribution in [3.8, 4) is 11.8 Å². The molecule has 5 nitrogen and oxygen atoms in total. The smallest absolute Gasteiger partial charge is 0.417 e. The van der Waals surface area contributed by atoms with Crippen LogP contribution in [0.2, 0.25) is 0 Å². The van der Waals surface area contributed by atoms with Crippen LogP contribution in [0, 0.1) is 17.2 Å². The second-order valence-corrected chi connectivity index (χ2v) is 6.90. The van der Waals surface area contributed by atoms with Gasteiger partial charge in [-0.1, -0.05) is 13.8 Å². The zero-order valence-corrected chi connectivity index (χ0v) is 15.9. The van der Waals surface area contributed by atoms with E-state index < -0.39 is 29.3 Å². The van der Waals surface area contributed by atoms with E-state index in [0.29, 0.717) is 6.42 Å². The summed E-state index contributed by atoms with van der Waals surface area (Å²) in [6.45, 7) is 7.18. The number of hydrogen-bond donors (Lipinski definition) is 1. The maximum atomic E-state index is 13.1.